The zero-order valence-electron chi connectivity index (χ0n) is 7.00. The van der Waals surface area contributed by atoms with Crippen LogP contribution in [0, 0.1) is 0 Å². The maximum absolute atomic E-state index is 5.99. The molecule has 2 rings (SSSR count). The van der Waals surface area contributed by atoms with Crippen LogP contribution < -0.4 is 0 Å². The molecule has 0 atom stereocenters. The SMILES string of the molecule is Clc1[nH]n(Cl)[nH]sc1-c1ccccc1. The van der Waals surface area contributed by atoms with Gasteiger partial charge in [0.25, 0.3) is 0 Å². The van der Waals surface area contributed by atoms with E-state index in [9.17, 15) is 0 Å². The van der Waals surface area contributed by atoms with E-state index < -0.39 is 0 Å². The van der Waals surface area contributed by atoms with Crippen molar-refractivity contribution in [1.82, 2.24) is 13.9 Å². The fourth-order valence-corrected chi connectivity index (χ4v) is 2.21. The Morgan fingerprint density at radius 3 is 2.57 bits per heavy atom. The van der Waals surface area contributed by atoms with Gasteiger partial charge in [-0.2, -0.15) is 0 Å². The van der Waals surface area contributed by atoms with Gasteiger partial charge in [-0.05, 0) is 17.1 Å². The lowest BCUT2D eigenvalue weighted by Crippen LogP contribution is -1.94. The first kappa shape index (κ1) is 9.71. The quantitative estimate of drug-likeness (QED) is 0.772. The van der Waals surface area contributed by atoms with Gasteiger partial charge in [0.2, 0.25) is 0 Å². The average molecular weight is 248 g/mol. The molecule has 0 unspecified atom stereocenters. The van der Waals surface area contributed by atoms with Crippen LogP contribution in [0.4, 0.5) is 0 Å². The Morgan fingerprint density at radius 1 is 1.21 bits per heavy atom. The van der Waals surface area contributed by atoms with E-state index in [-0.39, 0.29) is 0 Å². The molecule has 74 valence electrons. The average Bonchev–Trinajstić information content (AvgIpc) is 2.19. The second kappa shape index (κ2) is 4.13. The van der Waals surface area contributed by atoms with Gasteiger partial charge in [-0.1, -0.05) is 41.9 Å². The van der Waals surface area contributed by atoms with Crippen LogP contribution in [-0.4, -0.2) is 13.9 Å². The lowest BCUT2D eigenvalue weighted by molar-refractivity contribution is 0.835. The molecule has 0 spiro atoms. The Bertz CT molecular complexity index is 450. The van der Waals surface area contributed by atoms with Gasteiger partial charge in [0.15, 0.2) is 0 Å². The molecule has 0 aliphatic carbocycles. The maximum Gasteiger partial charge on any atom is 0.142 e. The van der Waals surface area contributed by atoms with Gasteiger partial charge in [-0.3, -0.25) is 5.10 Å². The number of halogens is 2. The van der Waals surface area contributed by atoms with Crippen molar-refractivity contribution in [3.05, 3.63) is 35.5 Å². The topological polar surface area (TPSA) is 36.5 Å². The number of hydrogen-bond acceptors (Lipinski definition) is 1. The van der Waals surface area contributed by atoms with Gasteiger partial charge in [0, 0.05) is 0 Å². The number of aromatic amines is 2. The molecule has 0 saturated carbocycles. The van der Waals surface area contributed by atoms with E-state index in [4.69, 9.17) is 23.4 Å². The summed E-state index contributed by atoms with van der Waals surface area (Å²) in [5.41, 5.74) is 1.05. The molecule has 3 nitrogen and oxygen atoms in total. The summed E-state index contributed by atoms with van der Waals surface area (Å²) in [7, 11) is 0. The Morgan fingerprint density at radius 2 is 1.93 bits per heavy atom. The highest BCUT2D eigenvalue weighted by atomic mass is 35.5. The molecule has 2 N–H and O–H groups in total. The molecule has 0 amide bonds. The highest BCUT2D eigenvalue weighted by Gasteiger charge is 2.03. The van der Waals surface area contributed by atoms with Crippen molar-refractivity contribution < 1.29 is 0 Å². The third kappa shape index (κ3) is 1.97. The molecular formula is C8H7Cl2N3S. The molecule has 1 aromatic carbocycles. The number of aromatic nitrogens is 3. The number of nitrogens with zero attached hydrogens (tertiary/aromatic N) is 1. The molecule has 0 radical (unpaired) electrons. The Balaban J connectivity index is 2.53. The van der Waals surface area contributed by atoms with Crippen molar-refractivity contribution in [1.29, 1.82) is 0 Å². The van der Waals surface area contributed by atoms with E-state index >= 15 is 0 Å². The van der Waals surface area contributed by atoms with Crippen LogP contribution in [0.2, 0.25) is 5.15 Å². The van der Waals surface area contributed by atoms with Crippen LogP contribution in [-0.2, 0) is 0 Å². The molecular weight excluding hydrogens is 241 g/mol. The molecule has 0 aliphatic rings. The Labute approximate surface area is 94.8 Å². The molecule has 0 saturated heterocycles. The zero-order chi connectivity index (χ0) is 9.97. The smallest absolute Gasteiger partial charge is 0.142 e. The van der Waals surface area contributed by atoms with Crippen LogP contribution in [0.5, 0.6) is 0 Å². The second-order valence-corrected chi connectivity index (χ2v) is 4.11. The predicted molar refractivity (Wildman–Crippen MR) is 60.3 cm³/mol. The minimum atomic E-state index is 0.509. The van der Waals surface area contributed by atoms with Crippen molar-refractivity contribution in [2.45, 2.75) is 0 Å². The highest BCUT2D eigenvalue weighted by molar-refractivity contribution is 7.09. The normalized spacial score (nSPS) is 10.1. The summed E-state index contributed by atoms with van der Waals surface area (Å²) >= 11 is 13.0. The lowest BCUT2D eigenvalue weighted by Gasteiger charge is -2.04. The lowest BCUT2D eigenvalue weighted by atomic mass is 10.2. The monoisotopic (exact) mass is 247 g/mol. The molecule has 1 aromatic heterocycles. The van der Waals surface area contributed by atoms with E-state index in [1.54, 1.807) is 0 Å². The van der Waals surface area contributed by atoms with E-state index in [2.05, 4.69) is 9.59 Å². The van der Waals surface area contributed by atoms with Gasteiger partial charge in [-0.15, -0.1) is 4.32 Å². The van der Waals surface area contributed by atoms with Crippen LogP contribution in [0.15, 0.2) is 30.3 Å². The first-order valence-electron chi connectivity index (χ1n) is 3.87. The van der Waals surface area contributed by atoms with E-state index in [0.717, 1.165) is 10.4 Å². The number of benzene rings is 1. The van der Waals surface area contributed by atoms with Crippen molar-refractivity contribution >= 4 is 34.9 Å². The van der Waals surface area contributed by atoms with Crippen LogP contribution >= 0.6 is 34.9 Å². The minimum Gasteiger partial charge on any atom is -0.256 e. The molecule has 0 aliphatic heterocycles. The predicted octanol–water partition coefficient (Wildman–Crippen LogP) is 3.65. The number of rotatable bonds is 1. The van der Waals surface area contributed by atoms with Gasteiger partial charge in [0.1, 0.15) is 5.15 Å². The van der Waals surface area contributed by atoms with E-state index in [1.165, 1.54) is 15.8 Å². The summed E-state index contributed by atoms with van der Waals surface area (Å²) in [5, 5.41) is 3.25. The van der Waals surface area contributed by atoms with Gasteiger partial charge in [0.05, 0.1) is 16.7 Å². The van der Waals surface area contributed by atoms with Crippen molar-refractivity contribution in [3.63, 3.8) is 0 Å². The fourth-order valence-electron chi connectivity index (χ4n) is 1.07. The fraction of sp³-hybridized carbons (Fsp3) is 0. The van der Waals surface area contributed by atoms with Gasteiger partial charge >= 0.3 is 0 Å². The van der Waals surface area contributed by atoms with Crippen molar-refractivity contribution in [2.75, 3.05) is 0 Å². The zero-order valence-corrected chi connectivity index (χ0v) is 9.33. The molecule has 0 fully saturated rings. The molecule has 14 heavy (non-hydrogen) atoms. The third-order valence-corrected chi connectivity index (χ3v) is 3.23. The van der Waals surface area contributed by atoms with Gasteiger partial charge in [-0.25, -0.2) is 4.49 Å². The Kier molecular flexibility index (Phi) is 2.86. The first-order valence-corrected chi connectivity index (χ1v) is 5.41. The summed E-state index contributed by atoms with van der Waals surface area (Å²) < 4.78 is 4.00. The second-order valence-electron chi connectivity index (χ2n) is 2.60. The summed E-state index contributed by atoms with van der Waals surface area (Å²) in [5.74, 6) is 0. The highest BCUT2D eigenvalue weighted by Crippen LogP contribution is 2.27. The van der Waals surface area contributed by atoms with Crippen LogP contribution in [0.25, 0.3) is 10.4 Å². The number of H-pyrrole nitrogens is 2. The number of hydrogen-bond donors (Lipinski definition) is 2. The maximum atomic E-state index is 5.99. The summed E-state index contributed by atoms with van der Waals surface area (Å²) in [6.45, 7) is 0. The van der Waals surface area contributed by atoms with Gasteiger partial charge < -0.3 is 0 Å². The van der Waals surface area contributed by atoms with Crippen molar-refractivity contribution in [3.8, 4) is 10.4 Å². The summed E-state index contributed by atoms with van der Waals surface area (Å²) in [6.07, 6.45) is 0. The van der Waals surface area contributed by atoms with E-state index in [1.807, 2.05) is 30.3 Å². The van der Waals surface area contributed by atoms with E-state index in [0.29, 0.717) is 5.15 Å². The molecule has 6 heteroatoms. The standard InChI is InChI=1S/C8H7Cl2N3S/c9-8-7(14-12-13(10)11-8)6-4-2-1-3-5-6/h1-5,11-12H. The van der Waals surface area contributed by atoms with Crippen LogP contribution in [0.3, 0.4) is 0 Å². The minimum absolute atomic E-state index is 0.509. The molecule has 1 heterocycles. The number of nitrogens with one attached hydrogen (secondary N) is 2. The largest absolute Gasteiger partial charge is 0.256 e. The summed E-state index contributed by atoms with van der Waals surface area (Å²) in [6, 6.07) is 9.84. The molecule has 0 bridgehead atoms. The summed E-state index contributed by atoms with van der Waals surface area (Å²) in [4.78, 5) is 0.921. The van der Waals surface area contributed by atoms with Crippen molar-refractivity contribution in [2.24, 2.45) is 0 Å². The Hall–Kier alpha value is -0.840. The third-order valence-electron chi connectivity index (χ3n) is 1.66. The molecule has 2 aromatic rings. The van der Waals surface area contributed by atoms with Crippen LogP contribution in [0.1, 0.15) is 0 Å². The first-order chi connectivity index (χ1) is 6.77.